The van der Waals surface area contributed by atoms with Gasteiger partial charge in [-0.25, -0.2) is 4.99 Å². The van der Waals surface area contributed by atoms with Gasteiger partial charge in [0.15, 0.2) is 11.8 Å². The van der Waals surface area contributed by atoms with Gasteiger partial charge in [-0.05, 0) is 32.8 Å². The van der Waals surface area contributed by atoms with Crippen molar-refractivity contribution in [2.24, 2.45) is 4.99 Å². The standard InChI is InChI=1S/C20H28F2N6O.HI/c1-3-23-20(24-12-15-11-14(2)8-9-16(15)29-19(21)22)25-13-18-27-26-17-7-5-4-6-10-28(17)18;/h8-9,11,19H,3-7,10,12-13H2,1-2H3,(H2,23,24,25);1H. The number of ether oxygens (including phenoxy) is 1. The summed E-state index contributed by atoms with van der Waals surface area (Å²) in [6.07, 6.45) is 4.45. The molecule has 0 atom stereocenters. The summed E-state index contributed by atoms with van der Waals surface area (Å²) in [6.45, 7) is 3.33. The molecular weight excluding hydrogens is 505 g/mol. The molecular formula is C20H29F2IN6O. The summed E-state index contributed by atoms with van der Waals surface area (Å²) in [7, 11) is 0. The summed E-state index contributed by atoms with van der Waals surface area (Å²) in [4.78, 5) is 4.53. The molecule has 166 valence electrons. The Morgan fingerprint density at radius 3 is 2.83 bits per heavy atom. The first-order valence-electron chi connectivity index (χ1n) is 10.0. The van der Waals surface area contributed by atoms with Gasteiger partial charge in [-0.1, -0.05) is 24.1 Å². The summed E-state index contributed by atoms with van der Waals surface area (Å²) in [5.74, 6) is 2.65. The van der Waals surface area contributed by atoms with Gasteiger partial charge in [-0.15, -0.1) is 34.2 Å². The zero-order valence-corrected chi connectivity index (χ0v) is 19.7. The monoisotopic (exact) mass is 534 g/mol. The first-order chi connectivity index (χ1) is 14.1. The summed E-state index contributed by atoms with van der Waals surface area (Å²) in [5.41, 5.74) is 1.57. The molecule has 2 aromatic rings. The summed E-state index contributed by atoms with van der Waals surface area (Å²) in [6, 6.07) is 5.10. The van der Waals surface area contributed by atoms with E-state index in [2.05, 4.69) is 35.1 Å². The smallest absolute Gasteiger partial charge is 0.387 e. The highest BCUT2D eigenvalue weighted by Crippen LogP contribution is 2.23. The highest BCUT2D eigenvalue weighted by molar-refractivity contribution is 14.0. The molecule has 0 radical (unpaired) electrons. The maximum atomic E-state index is 12.7. The Morgan fingerprint density at radius 2 is 2.07 bits per heavy atom. The van der Waals surface area contributed by atoms with Crippen LogP contribution in [0.5, 0.6) is 5.75 Å². The number of hydrogen-bond acceptors (Lipinski definition) is 4. The van der Waals surface area contributed by atoms with E-state index in [0.717, 1.165) is 43.0 Å². The number of hydrogen-bond donors (Lipinski definition) is 2. The molecule has 0 spiro atoms. The van der Waals surface area contributed by atoms with Crippen molar-refractivity contribution in [3.05, 3.63) is 41.0 Å². The van der Waals surface area contributed by atoms with Crippen molar-refractivity contribution >= 4 is 29.9 Å². The molecule has 1 aromatic heterocycles. The van der Waals surface area contributed by atoms with Crippen LogP contribution in [0.4, 0.5) is 8.78 Å². The second-order valence-electron chi connectivity index (χ2n) is 7.03. The largest absolute Gasteiger partial charge is 0.434 e. The van der Waals surface area contributed by atoms with E-state index in [4.69, 9.17) is 0 Å². The van der Waals surface area contributed by atoms with E-state index in [1.165, 1.54) is 6.42 Å². The quantitative estimate of drug-likeness (QED) is 0.321. The first-order valence-corrected chi connectivity index (χ1v) is 10.0. The third-order valence-corrected chi connectivity index (χ3v) is 4.78. The lowest BCUT2D eigenvalue weighted by Crippen LogP contribution is -2.37. The fourth-order valence-corrected chi connectivity index (χ4v) is 3.39. The predicted molar refractivity (Wildman–Crippen MR) is 122 cm³/mol. The van der Waals surface area contributed by atoms with Gasteiger partial charge in [0, 0.05) is 25.1 Å². The van der Waals surface area contributed by atoms with Crippen molar-refractivity contribution in [1.82, 2.24) is 25.4 Å². The number of rotatable bonds is 7. The number of benzene rings is 1. The van der Waals surface area contributed by atoms with Crippen LogP contribution in [-0.2, 0) is 26.1 Å². The Kier molecular flexibility index (Phi) is 9.73. The lowest BCUT2D eigenvalue weighted by atomic mass is 10.1. The minimum Gasteiger partial charge on any atom is -0.434 e. The molecule has 2 heterocycles. The molecule has 3 rings (SSSR count). The van der Waals surface area contributed by atoms with Crippen molar-refractivity contribution in [2.75, 3.05) is 6.54 Å². The van der Waals surface area contributed by atoms with E-state index in [1.807, 2.05) is 19.9 Å². The molecule has 30 heavy (non-hydrogen) atoms. The molecule has 1 aliphatic rings. The molecule has 0 fully saturated rings. The summed E-state index contributed by atoms with van der Waals surface area (Å²) < 4.78 is 32.1. The number of aryl methyl sites for hydroxylation is 2. The second kappa shape index (κ2) is 12.0. The maximum Gasteiger partial charge on any atom is 0.387 e. The number of alkyl halides is 2. The fraction of sp³-hybridized carbons (Fsp3) is 0.550. The third-order valence-electron chi connectivity index (χ3n) is 4.78. The molecule has 0 amide bonds. The van der Waals surface area contributed by atoms with Crippen LogP contribution in [0.1, 0.15) is 49.0 Å². The van der Waals surface area contributed by atoms with Gasteiger partial charge in [0.25, 0.3) is 0 Å². The van der Waals surface area contributed by atoms with Gasteiger partial charge >= 0.3 is 6.61 Å². The Bertz CT molecular complexity index is 843. The Morgan fingerprint density at radius 1 is 1.23 bits per heavy atom. The van der Waals surface area contributed by atoms with E-state index in [-0.39, 0.29) is 36.3 Å². The predicted octanol–water partition coefficient (Wildman–Crippen LogP) is 3.79. The Labute approximate surface area is 192 Å². The summed E-state index contributed by atoms with van der Waals surface area (Å²) >= 11 is 0. The van der Waals surface area contributed by atoms with Crippen LogP contribution < -0.4 is 15.4 Å². The number of halogens is 3. The second-order valence-corrected chi connectivity index (χ2v) is 7.03. The van der Waals surface area contributed by atoms with Crippen LogP contribution in [0.25, 0.3) is 0 Å². The van der Waals surface area contributed by atoms with Crippen LogP contribution >= 0.6 is 24.0 Å². The van der Waals surface area contributed by atoms with Crippen molar-refractivity contribution in [3.8, 4) is 5.75 Å². The maximum absolute atomic E-state index is 12.7. The molecule has 0 aliphatic carbocycles. The third kappa shape index (κ3) is 6.78. The molecule has 2 N–H and O–H groups in total. The average molecular weight is 534 g/mol. The van der Waals surface area contributed by atoms with E-state index in [9.17, 15) is 8.78 Å². The molecule has 0 saturated heterocycles. The van der Waals surface area contributed by atoms with Gasteiger partial charge in [-0.2, -0.15) is 8.78 Å². The number of nitrogens with zero attached hydrogens (tertiary/aromatic N) is 4. The topological polar surface area (TPSA) is 76.4 Å². The molecule has 0 bridgehead atoms. The van der Waals surface area contributed by atoms with Crippen molar-refractivity contribution < 1.29 is 13.5 Å². The van der Waals surface area contributed by atoms with Gasteiger partial charge in [-0.3, -0.25) is 0 Å². The number of guanidine groups is 1. The molecule has 1 aromatic carbocycles. The Hall–Kier alpha value is -1.98. The zero-order chi connectivity index (χ0) is 20.6. The minimum atomic E-state index is -2.87. The molecule has 7 nitrogen and oxygen atoms in total. The van der Waals surface area contributed by atoms with E-state index in [1.54, 1.807) is 12.1 Å². The average Bonchev–Trinajstić information content (AvgIpc) is 2.91. The van der Waals surface area contributed by atoms with Gasteiger partial charge in [0.2, 0.25) is 0 Å². The van der Waals surface area contributed by atoms with Crippen LogP contribution in [-0.4, -0.2) is 33.9 Å². The van der Waals surface area contributed by atoms with Crippen LogP contribution in [0.2, 0.25) is 0 Å². The highest BCUT2D eigenvalue weighted by Gasteiger charge is 2.15. The lowest BCUT2D eigenvalue weighted by Gasteiger charge is -2.14. The number of aliphatic imine (C=N–C) groups is 1. The van der Waals surface area contributed by atoms with Gasteiger partial charge < -0.3 is 19.9 Å². The molecule has 0 saturated carbocycles. The van der Waals surface area contributed by atoms with Crippen LogP contribution in [0.15, 0.2) is 23.2 Å². The normalized spacial score (nSPS) is 14.0. The van der Waals surface area contributed by atoms with E-state index >= 15 is 0 Å². The van der Waals surface area contributed by atoms with Crippen LogP contribution in [0.3, 0.4) is 0 Å². The SMILES string of the molecule is CCNC(=NCc1cc(C)ccc1OC(F)F)NCc1nnc2n1CCCCC2.I. The highest BCUT2D eigenvalue weighted by atomic mass is 127. The molecule has 1 aliphatic heterocycles. The number of aromatic nitrogens is 3. The van der Waals surface area contributed by atoms with Crippen molar-refractivity contribution in [3.63, 3.8) is 0 Å². The van der Waals surface area contributed by atoms with E-state index in [0.29, 0.717) is 24.6 Å². The number of nitrogens with one attached hydrogen (secondary N) is 2. The van der Waals surface area contributed by atoms with Crippen LogP contribution in [0, 0.1) is 6.92 Å². The minimum absolute atomic E-state index is 0. The number of fused-ring (bicyclic) bond motifs is 1. The lowest BCUT2D eigenvalue weighted by molar-refractivity contribution is -0.0504. The van der Waals surface area contributed by atoms with Crippen molar-refractivity contribution in [1.29, 1.82) is 0 Å². The summed E-state index contributed by atoms with van der Waals surface area (Å²) in [5, 5.41) is 15.1. The fourth-order valence-electron chi connectivity index (χ4n) is 3.39. The molecule has 10 heteroatoms. The molecule has 0 unspecified atom stereocenters. The Balaban J connectivity index is 0.00000320. The van der Waals surface area contributed by atoms with E-state index < -0.39 is 6.61 Å². The van der Waals surface area contributed by atoms with Gasteiger partial charge in [0.1, 0.15) is 11.6 Å². The first kappa shape index (κ1) is 24.3. The zero-order valence-electron chi connectivity index (χ0n) is 17.3. The van der Waals surface area contributed by atoms with Gasteiger partial charge in [0.05, 0.1) is 13.1 Å². The van der Waals surface area contributed by atoms with Crippen molar-refractivity contribution in [2.45, 2.75) is 65.8 Å².